The number of nitrogens with zero attached hydrogens (tertiary/aromatic N) is 1. The number of hydrogen-bond acceptors (Lipinski definition) is 3. The van der Waals surface area contributed by atoms with Crippen molar-refractivity contribution < 1.29 is 9.21 Å². The van der Waals surface area contributed by atoms with Crippen LogP contribution in [0.15, 0.2) is 28.9 Å². The topological polar surface area (TPSA) is 33.5 Å². The lowest BCUT2D eigenvalue weighted by Crippen LogP contribution is -2.30. The molecule has 0 saturated heterocycles. The number of furan rings is 1. The zero-order valence-corrected chi connectivity index (χ0v) is 11.8. The van der Waals surface area contributed by atoms with Gasteiger partial charge in [-0.25, -0.2) is 0 Å². The molecule has 5 heteroatoms. The Bertz CT molecular complexity index is 547. The molecule has 0 spiro atoms. The van der Waals surface area contributed by atoms with E-state index in [-0.39, 0.29) is 5.91 Å². The van der Waals surface area contributed by atoms with Gasteiger partial charge < -0.3 is 9.32 Å². The Morgan fingerprint density at radius 2 is 2.22 bits per heavy atom. The zero-order valence-electron chi connectivity index (χ0n) is 10.3. The smallest absolute Gasteiger partial charge is 0.290 e. The molecule has 1 amide bonds. The summed E-state index contributed by atoms with van der Waals surface area (Å²) >= 11 is 7.38. The van der Waals surface area contributed by atoms with Crippen LogP contribution in [0.4, 0.5) is 0 Å². The van der Waals surface area contributed by atoms with Gasteiger partial charge in [-0.05, 0) is 32.0 Å². The van der Waals surface area contributed by atoms with Crippen LogP contribution < -0.4 is 0 Å². The molecule has 18 heavy (non-hydrogen) atoms. The highest BCUT2D eigenvalue weighted by Gasteiger charge is 2.19. The summed E-state index contributed by atoms with van der Waals surface area (Å²) in [6.07, 6.45) is 1.54. The molecule has 0 N–H and O–H groups in total. The summed E-state index contributed by atoms with van der Waals surface area (Å²) < 4.78 is 5.98. The van der Waals surface area contributed by atoms with Crippen LogP contribution in [0.3, 0.4) is 0 Å². The first-order valence-corrected chi connectivity index (χ1v) is 6.89. The molecule has 3 nitrogen and oxygen atoms in total. The van der Waals surface area contributed by atoms with E-state index < -0.39 is 0 Å². The summed E-state index contributed by atoms with van der Waals surface area (Å²) in [6, 6.07) is 5.58. The van der Waals surface area contributed by atoms with E-state index in [1.54, 1.807) is 17.2 Å². The number of carbonyl (C=O) groups is 1. The van der Waals surface area contributed by atoms with Crippen LogP contribution >= 0.6 is 22.9 Å². The van der Waals surface area contributed by atoms with Crippen LogP contribution in [0.25, 0.3) is 0 Å². The SMILES string of the molecule is CCN(Cc1ccc(Cl)s1)C(=O)c1occc1C. The van der Waals surface area contributed by atoms with Crippen molar-refractivity contribution in [2.45, 2.75) is 20.4 Å². The van der Waals surface area contributed by atoms with Crippen LogP contribution in [-0.4, -0.2) is 17.4 Å². The lowest BCUT2D eigenvalue weighted by Gasteiger charge is -2.19. The second-order valence-corrected chi connectivity index (χ2v) is 5.76. The third-order valence-corrected chi connectivity index (χ3v) is 3.92. The Labute approximate surface area is 115 Å². The number of aryl methyl sites for hydroxylation is 1. The van der Waals surface area contributed by atoms with Crippen molar-refractivity contribution in [3.05, 3.63) is 45.0 Å². The number of halogens is 1. The van der Waals surface area contributed by atoms with Crippen molar-refractivity contribution in [2.24, 2.45) is 0 Å². The average Bonchev–Trinajstić information content (AvgIpc) is 2.94. The van der Waals surface area contributed by atoms with Gasteiger partial charge in [0.05, 0.1) is 17.1 Å². The van der Waals surface area contributed by atoms with Crippen molar-refractivity contribution in [2.75, 3.05) is 6.54 Å². The number of rotatable bonds is 4. The molecule has 2 aromatic heterocycles. The fourth-order valence-electron chi connectivity index (χ4n) is 1.69. The van der Waals surface area contributed by atoms with Gasteiger partial charge in [0.1, 0.15) is 0 Å². The number of thiophene rings is 1. The second-order valence-electron chi connectivity index (χ2n) is 3.96. The van der Waals surface area contributed by atoms with E-state index in [1.807, 2.05) is 26.0 Å². The highest BCUT2D eigenvalue weighted by atomic mass is 35.5. The Kier molecular flexibility index (Phi) is 4.09. The molecule has 2 heterocycles. The average molecular weight is 284 g/mol. The predicted molar refractivity (Wildman–Crippen MR) is 73.2 cm³/mol. The maximum absolute atomic E-state index is 12.3. The molecule has 0 aliphatic heterocycles. The van der Waals surface area contributed by atoms with Crippen LogP contribution in [-0.2, 0) is 6.54 Å². The Hall–Kier alpha value is -1.26. The number of amides is 1. The van der Waals surface area contributed by atoms with E-state index in [0.29, 0.717) is 18.8 Å². The molecule has 0 aliphatic carbocycles. The van der Waals surface area contributed by atoms with E-state index in [1.165, 1.54) is 11.3 Å². The van der Waals surface area contributed by atoms with Gasteiger partial charge in [-0.15, -0.1) is 11.3 Å². The van der Waals surface area contributed by atoms with Crippen molar-refractivity contribution in [3.8, 4) is 0 Å². The maximum atomic E-state index is 12.3. The highest BCUT2D eigenvalue weighted by Crippen LogP contribution is 2.23. The first-order chi connectivity index (χ1) is 8.61. The van der Waals surface area contributed by atoms with E-state index in [2.05, 4.69) is 0 Å². The molecule has 0 saturated carbocycles. The van der Waals surface area contributed by atoms with Gasteiger partial charge in [0.25, 0.3) is 5.91 Å². The van der Waals surface area contributed by atoms with Crippen molar-refractivity contribution >= 4 is 28.8 Å². The van der Waals surface area contributed by atoms with Crippen molar-refractivity contribution in [1.82, 2.24) is 4.90 Å². The van der Waals surface area contributed by atoms with Crippen molar-refractivity contribution in [1.29, 1.82) is 0 Å². The van der Waals surface area contributed by atoms with Gasteiger partial charge in [0, 0.05) is 17.0 Å². The van der Waals surface area contributed by atoms with Gasteiger partial charge in [-0.2, -0.15) is 0 Å². The summed E-state index contributed by atoms with van der Waals surface area (Å²) in [4.78, 5) is 15.1. The van der Waals surface area contributed by atoms with Gasteiger partial charge >= 0.3 is 0 Å². The maximum Gasteiger partial charge on any atom is 0.290 e. The molecule has 0 bridgehead atoms. The molecule has 0 atom stereocenters. The third kappa shape index (κ3) is 2.76. The lowest BCUT2D eigenvalue weighted by molar-refractivity contribution is 0.0721. The molecular formula is C13H14ClNO2S. The summed E-state index contributed by atoms with van der Waals surface area (Å²) in [6.45, 7) is 5.01. The second kappa shape index (κ2) is 5.59. The molecule has 2 rings (SSSR count). The fraction of sp³-hybridized carbons (Fsp3) is 0.308. The Morgan fingerprint density at radius 3 is 2.72 bits per heavy atom. The van der Waals surface area contributed by atoms with E-state index in [0.717, 1.165) is 14.8 Å². The van der Waals surface area contributed by atoms with Crippen LogP contribution in [0.5, 0.6) is 0 Å². The molecule has 0 radical (unpaired) electrons. The minimum absolute atomic E-state index is 0.0791. The summed E-state index contributed by atoms with van der Waals surface area (Å²) in [5.41, 5.74) is 0.864. The van der Waals surface area contributed by atoms with Gasteiger partial charge in [0.2, 0.25) is 0 Å². The van der Waals surface area contributed by atoms with E-state index in [4.69, 9.17) is 16.0 Å². The molecule has 2 aromatic rings. The Balaban J connectivity index is 2.14. The highest BCUT2D eigenvalue weighted by molar-refractivity contribution is 7.16. The predicted octanol–water partition coefficient (Wildman–Crippen LogP) is 3.97. The monoisotopic (exact) mass is 283 g/mol. The Morgan fingerprint density at radius 1 is 1.44 bits per heavy atom. The van der Waals surface area contributed by atoms with E-state index >= 15 is 0 Å². The molecule has 0 aliphatic rings. The third-order valence-electron chi connectivity index (χ3n) is 2.70. The molecule has 96 valence electrons. The number of carbonyl (C=O) groups excluding carboxylic acids is 1. The first kappa shape index (κ1) is 13.2. The van der Waals surface area contributed by atoms with Crippen molar-refractivity contribution in [3.63, 3.8) is 0 Å². The standard InChI is InChI=1S/C13H14ClNO2S/c1-3-15(8-10-4-5-11(14)18-10)13(16)12-9(2)6-7-17-12/h4-7H,3,8H2,1-2H3. The zero-order chi connectivity index (χ0) is 13.1. The first-order valence-electron chi connectivity index (χ1n) is 5.69. The normalized spacial score (nSPS) is 10.6. The lowest BCUT2D eigenvalue weighted by atomic mass is 10.2. The molecular weight excluding hydrogens is 270 g/mol. The van der Waals surface area contributed by atoms with Gasteiger partial charge in [-0.1, -0.05) is 11.6 Å². The van der Waals surface area contributed by atoms with E-state index in [9.17, 15) is 4.79 Å². The summed E-state index contributed by atoms with van der Waals surface area (Å²) in [5.74, 6) is 0.337. The van der Waals surface area contributed by atoms with Gasteiger partial charge in [-0.3, -0.25) is 4.79 Å². The van der Waals surface area contributed by atoms with Gasteiger partial charge in [0.15, 0.2) is 5.76 Å². The van der Waals surface area contributed by atoms with Crippen LogP contribution in [0.2, 0.25) is 4.34 Å². The largest absolute Gasteiger partial charge is 0.459 e. The minimum atomic E-state index is -0.0791. The quantitative estimate of drug-likeness (QED) is 0.851. The fourth-order valence-corrected chi connectivity index (χ4v) is 2.79. The summed E-state index contributed by atoms with van der Waals surface area (Å²) in [5, 5.41) is 0. The van der Waals surface area contributed by atoms with Crippen LogP contribution in [0.1, 0.15) is 27.9 Å². The van der Waals surface area contributed by atoms with Crippen LogP contribution in [0, 0.1) is 6.92 Å². The minimum Gasteiger partial charge on any atom is -0.459 e. The summed E-state index contributed by atoms with van der Waals surface area (Å²) in [7, 11) is 0. The molecule has 0 aromatic carbocycles. The molecule has 0 unspecified atom stereocenters. The number of hydrogen-bond donors (Lipinski definition) is 0. The molecule has 0 fully saturated rings.